The number of aromatic hydroxyl groups is 1. The number of allylic oxidation sites excluding steroid dienone is 2. The first-order valence-corrected chi connectivity index (χ1v) is 9.62. The van der Waals surface area contributed by atoms with E-state index in [1.165, 1.54) is 19.3 Å². The Morgan fingerprint density at radius 1 is 1.00 bits per heavy atom. The zero-order valence-corrected chi connectivity index (χ0v) is 17.1. The summed E-state index contributed by atoms with van der Waals surface area (Å²) in [6, 6.07) is 18.3. The molecule has 0 atom stereocenters. The van der Waals surface area contributed by atoms with Crippen molar-refractivity contribution in [2.24, 2.45) is 0 Å². The first-order valence-electron chi connectivity index (χ1n) is 9.62. The first-order chi connectivity index (χ1) is 15.0. The molecule has 0 saturated heterocycles. The van der Waals surface area contributed by atoms with Gasteiger partial charge in [0.1, 0.15) is 17.2 Å². The highest BCUT2D eigenvalue weighted by molar-refractivity contribution is 6.07. The topological polar surface area (TPSA) is 72.8 Å². The van der Waals surface area contributed by atoms with Crippen LogP contribution in [-0.4, -0.2) is 24.0 Å². The Labute approximate surface area is 180 Å². The number of carbonyl (C=O) groups is 2. The van der Waals surface area contributed by atoms with Crippen molar-refractivity contribution in [3.63, 3.8) is 0 Å². The Bertz CT molecular complexity index is 1110. The van der Waals surface area contributed by atoms with E-state index in [0.717, 1.165) is 0 Å². The summed E-state index contributed by atoms with van der Waals surface area (Å²) in [5, 5.41) is 10.0. The van der Waals surface area contributed by atoms with E-state index in [9.17, 15) is 14.7 Å². The minimum absolute atomic E-state index is 0.109. The summed E-state index contributed by atoms with van der Waals surface area (Å²) in [6.07, 6.45) is 5.23. The Hall–Kier alpha value is -4.12. The Morgan fingerprint density at radius 3 is 2.32 bits per heavy atom. The van der Waals surface area contributed by atoms with Crippen molar-refractivity contribution >= 4 is 17.8 Å². The van der Waals surface area contributed by atoms with Crippen molar-refractivity contribution in [3.05, 3.63) is 108 Å². The molecule has 0 fully saturated rings. The summed E-state index contributed by atoms with van der Waals surface area (Å²) in [4.78, 5) is 24.8. The third-order valence-corrected chi connectivity index (χ3v) is 4.57. The lowest BCUT2D eigenvalue weighted by atomic mass is 10.0. The molecule has 0 aromatic heterocycles. The molecule has 3 aromatic rings. The molecule has 0 spiro atoms. The number of esters is 1. The number of methoxy groups -OCH3 is 1. The average Bonchev–Trinajstić information content (AvgIpc) is 2.79. The standard InChI is InChI=1S/C26H22O5/c1-3-7-20-16-21(25(30-2)17-24(20)28)14-15-23(27)18-10-12-19(13-11-18)26(29)31-22-8-5-4-6-9-22/h3-6,8-17,28H,1,7H2,2H3/b15-14+. The van der Waals surface area contributed by atoms with Crippen LogP contribution in [0.2, 0.25) is 0 Å². The number of hydrogen-bond acceptors (Lipinski definition) is 5. The minimum atomic E-state index is -0.496. The summed E-state index contributed by atoms with van der Waals surface area (Å²) in [6.45, 7) is 3.68. The predicted molar refractivity (Wildman–Crippen MR) is 120 cm³/mol. The van der Waals surface area contributed by atoms with Gasteiger partial charge >= 0.3 is 5.97 Å². The SMILES string of the molecule is C=CCc1cc(/C=C/C(=O)c2ccc(C(=O)Oc3ccccc3)cc2)c(OC)cc1O. The lowest BCUT2D eigenvalue weighted by Gasteiger charge is -2.09. The first kappa shape index (κ1) is 21.6. The van der Waals surface area contributed by atoms with Gasteiger partial charge in [-0.1, -0.05) is 36.4 Å². The van der Waals surface area contributed by atoms with Gasteiger partial charge in [0.25, 0.3) is 0 Å². The van der Waals surface area contributed by atoms with Gasteiger partial charge in [-0.25, -0.2) is 4.79 Å². The Kier molecular flexibility index (Phi) is 7.01. The molecule has 156 valence electrons. The third-order valence-electron chi connectivity index (χ3n) is 4.57. The Morgan fingerprint density at radius 2 is 1.68 bits per heavy atom. The molecular weight excluding hydrogens is 392 g/mol. The monoisotopic (exact) mass is 414 g/mol. The quantitative estimate of drug-likeness (QED) is 0.179. The van der Waals surface area contributed by atoms with Crippen LogP contribution in [0, 0.1) is 0 Å². The van der Waals surface area contributed by atoms with Gasteiger partial charge in [0.15, 0.2) is 5.78 Å². The molecule has 0 radical (unpaired) electrons. The molecule has 5 heteroatoms. The van der Waals surface area contributed by atoms with Gasteiger partial charge in [-0.05, 0) is 54.5 Å². The molecule has 3 rings (SSSR count). The van der Waals surface area contributed by atoms with Crippen LogP contribution < -0.4 is 9.47 Å². The second kappa shape index (κ2) is 10.1. The van der Waals surface area contributed by atoms with Crippen LogP contribution >= 0.6 is 0 Å². The van der Waals surface area contributed by atoms with E-state index in [-0.39, 0.29) is 11.5 Å². The van der Waals surface area contributed by atoms with Gasteiger partial charge in [0, 0.05) is 17.2 Å². The molecule has 0 aliphatic heterocycles. The zero-order chi connectivity index (χ0) is 22.2. The second-order valence-electron chi connectivity index (χ2n) is 6.69. The zero-order valence-electron chi connectivity index (χ0n) is 17.1. The third kappa shape index (κ3) is 5.48. The minimum Gasteiger partial charge on any atom is -0.508 e. The van der Waals surface area contributed by atoms with Gasteiger partial charge in [0.05, 0.1) is 12.7 Å². The smallest absolute Gasteiger partial charge is 0.343 e. The highest BCUT2D eigenvalue weighted by atomic mass is 16.5. The van der Waals surface area contributed by atoms with Gasteiger partial charge in [-0.3, -0.25) is 4.79 Å². The van der Waals surface area contributed by atoms with Gasteiger partial charge < -0.3 is 14.6 Å². The number of hydrogen-bond donors (Lipinski definition) is 1. The lowest BCUT2D eigenvalue weighted by molar-refractivity contribution is 0.0734. The fourth-order valence-electron chi connectivity index (χ4n) is 2.95. The number of phenols is 1. The fourth-order valence-corrected chi connectivity index (χ4v) is 2.95. The summed E-state index contributed by atoms with van der Waals surface area (Å²) in [5.74, 6) is 0.286. The van der Waals surface area contributed by atoms with Gasteiger partial charge in [-0.2, -0.15) is 0 Å². The predicted octanol–water partition coefficient (Wildman–Crippen LogP) is 5.24. The number of ketones is 1. The number of carbonyl (C=O) groups excluding carboxylic acids is 2. The number of ether oxygens (including phenoxy) is 2. The number of para-hydroxylation sites is 1. The summed E-state index contributed by atoms with van der Waals surface area (Å²) < 4.78 is 10.6. The van der Waals surface area contributed by atoms with E-state index in [0.29, 0.717) is 40.2 Å². The highest BCUT2D eigenvalue weighted by Crippen LogP contribution is 2.30. The molecule has 0 bridgehead atoms. The molecule has 0 amide bonds. The largest absolute Gasteiger partial charge is 0.508 e. The number of phenolic OH excluding ortho intramolecular Hbond substituents is 1. The van der Waals surface area contributed by atoms with E-state index in [2.05, 4.69) is 6.58 Å². The number of rotatable bonds is 8. The molecule has 0 aliphatic rings. The molecule has 0 unspecified atom stereocenters. The van der Waals surface area contributed by atoms with E-state index >= 15 is 0 Å². The van der Waals surface area contributed by atoms with Crippen molar-refractivity contribution in [2.45, 2.75) is 6.42 Å². The van der Waals surface area contributed by atoms with E-state index in [4.69, 9.17) is 9.47 Å². The Balaban J connectivity index is 1.73. The summed E-state index contributed by atoms with van der Waals surface area (Å²) in [5.41, 5.74) is 2.12. The molecule has 5 nitrogen and oxygen atoms in total. The van der Waals surface area contributed by atoms with Crippen molar-refractivity contribution in [2.75, 3.05) is 7.11 Å². The molecule has 1 N–H and O–H groups in total. The molecule has 0 heterocycles. The van der Waals surface area contributed by atoms with Crippen molar-refractivity contribution in [1.82, 2.24) is 0 Å². The van der Waals surface area contributed by atoms with Crippen LogP contribution in [0.5, 0.6) is 17.2 Å². The maximum atomic E-state index is 12.6. The molecule has 31 heavy (non-hydrogen) atoms. The van der Waals surface area contributed by atoms with E-state index in [1.54, 1.807) is 66.7 Å². The van der Waals surface area contributed by atoms with Crippen molar-refractivity contribution in [3.8, 4) is 17.2 Å². The normalized spacial score (nSPS) is 10.6. The van der Waals surface area contributed by atoms with E-state index in [1.807, 2.05) is 6.07 Å². The molecule has 0 aliphatic carbocycles. The average molecular weight is 414 g/mol. The maximum Gasteiger partial charge on any atom is 0.343 e. The van der Waals surface area contributed by atoms with Gasteiger partial charge in [0.2, 0.25) is 0 Å². The van der Waals surface area contributed by atoms with Crippen LogP contribution in [0.4, 0.5) is 0 Å². The van der Waals surface area contributed by atoms with Crippen molar-refractivity contribution in [1.29, 1.82) is 0 Å². The van der Waals surface area contributed by atoms with Crippen LogP contribution in [0.3, 0.4) is 0 Å². The van der Waals surface area contributed by atoms with Crippen LogP contribution in [0.15, 0.2) is 85.5 Å². The van der Waals surface area contributed by atoms with Crippen LogP contribution in [0.1, 0.15) is 31.8 Å². The lowest BCUT2D eigenvalue weighted by Crippen LogP contribution is -2.08. The van der Waals surface area contributed by atoms with Gasteiger partial charge in [-0.15, -0.1) is 6.58 Å². The van der Waals surface area contributed by atoms with Crippen LogP contribution in [-0.2, 0) is 6.42 Å². The summed E-state index contributed by atoms with van der Waals surface area (Å²) in [7, 11) is 1.49. The summed E-state index contributed by atoms with van der Waals surface area (Å²) >= 11 is 0. The molecule has 3 aromatic carbocycles. The number of benzene rings is 3. The van der Waals surface area contributed by atoms with Crippen molar-refractivity contribution < 1.29 is 24.2 Å². The maximum absolute atomic E-state index is 12.6. The highest BCUT2D eigenvalue weighted by Gasteiger charge is 2.11. The van der Waals surface area contributed by atoms with E-state index < -0.39 is 5.97 Å². The molecule has 0 saturated carbocycles. The fraction of sp³-hybridized carbons (Fsp3) is 0.0769. The van der Waals surface area contributed by atoms with Crippen LogP contribution in [0.25, 0.3) is 6.08 Å². The molecular formula is C26H22O5. The second-order valence-corrected chi connectivity index (χ2v) is 6.69.